The van der Waals surface area contributed by atoms with Crippen LogP contribution in [0.3, 0.4) is 0 Å². The molecule has 0 fully saturated rings. The molecule has 3 nitrogen and oxygen atoms in total. The fourth-order valence-corrected chi connectivity index (χ4v) is 3.84. The molecular weight excluding hydrogens is 642 g/mol. The van der Waals surface area contributed by atoms with Gasteiger partial charge in [0.2, 0.25) is 5.91 Å². The van der Waals surface area contributed by atoms with E-state index in [1.54, 1.807) is 0 Å². The average molecular weight is 658 g/mol. The van der Waals surface area contributed by atoms with E-state index in [0.717, 1.165) is 6.92 Å². The molecule has 16 heteroatoms. The highest BCUT2D eigenvalue weighted by Crippen LogP contribution is 2.41. The number of hydrogen-bond donors (Lipinski definition) is 1. The Kier molecular flexibility index (Phi) is 10.1. The van der Waals surface area contributed by atoms with Crippen LogP contribution >= 0.6 is 15.9 Å². The molecule has 0 saturated heterocycles. The summed E-state index contributed by atoms with van der Waals surface area (Å²) in [6, 6.07) is 1.65. The lowest BCUT2D eigenvalue weighted by molar-refractivity contribution is -0.140. The number of carbonyl (C=O) groups is 2. The van der Waals surface area contributed by atoms with Gasteiger partial charge >= 0.3 is 18.5 Å². The third kappa shape index (κ3) is 8.73. The van der Waals surface area contributed by atoms with E-state index >= 15 is 0 Å². The number of nitrogens with one attached hydrogen (secondary N) is 1. The summed E-state index contributed by atoms with van der Waals surface area (Å²) >= 11 is 2.51. The first-order chi connectivity index (χ1) is 18.1. The molecule has 1 N–H and O–H groups in total. The predicted octanol–water partition coefficient (Wildman–Crippen LogP) is 8.29. The van der Waals surface area contributed by atoms with Crippen molar-refractivity contribution < 1.29 is 62.3 Å². The molecule has 40 heavy (non-hydrogen) atoms. The zero-order valence-electron chi connectivity index (χ0n) is 19.8. The number of amides is 1. The minimum atomic E-state index is -5.35. The lowest BCUT2D eigenvalue weighted by Gasteiger charge is -2.19. The van der Waals surface area contributed by atoms with E-state index in [-0.39, 0.29) is 18.2 Å². The van der Waals surface area contributed by atoms with Crippen LogP contribution < -0.4 is 5.32 Å². The van der Waals surface area contributed by atoms with E-state index in [1.807, 2.05) is 0 Å². The fraction of sp³-hybridized carbons (Fsp3) is 0.333. The van der Waals surface area contributed by atoms with Crippen LogP contribution in [0, 0.1) is 17.6 Å². The van der Waals surface area contributed by atoms with Gasteiger partial charge in [0.1, 0.15) is 18.3 Å². The van der Waals surface area contributed by atoms with E-state index in [2.05, 4.69) is 15.9 Å². The molecule has 0 aliphatic heterocycles. The van der Waals surface area contributed by atoms with Gasteiger partial charge in [0.05, 0.1) is 10.0 Å². The number of allylic oxidation sites excluding steroid dienone is 1. The van der Waals surface area contributed by atoms with Gasteiger partial charge in [-0.25, -0.2) is 13.2 Å². The second-order valence-corrected chi connectivity index (χ2v) is 9.31. The summed E-state index contributed by atoms with van der Waals surface area (Å²) in [6.07, 6.45) is -16.6. The Morgan fingerprint density at radius 3 is 2.08 bits per heavy atom. The van der Waals surface area contributed by atoms with Gasteiger partial charge in [0.15, 0.2) is 17.4 Å². The number of benzene rings is 2. The van der Waals surface area contributed by atoms with Crippen LogP contribution in [0.25, 0.3) is 5.83 Å². The third-order valence-corrected chi connectivity index (χ3v) is 5.91. The molecule has 0 aliphatic carbocycles. The van der Waals surface area contributed by atoms with Gasteiger partial charge in [-0.15, -0.1) is 0 Å². The smallest absolute Gasteiger partial charge is 0.347 e. The Bertz CT molecular complexity index is 1280. The number of alkyl halides is 9. The first-order valence-electron chi connectivity index (χ1n) is 10.8. The molecule has 220 valence electrons. The van der Waals surface area contributed by atoms with Crippen molar-refractivity contribution in [3.8, 4) is 0 Å². The van der Waals surface area contributed by atoms with E-state index in [4.69, 9.17) is 0 Å². The standard InChI is InChI=1S/C24H16BrF12NO2/c1-10(21(40)38-9-22(29,30)31)4-19(39)13-3-2-11(5-15(13)24(35,36)37)17(26)8-14(23(32,33)34)12-6-16(25)20(28)18(27)7-12/h2-3,5-8,10,14H,4,9H2,1H3,(H,38,40)/b17-8-/t10-,14?/m0/s1. The quantitative estimate of drug-likeness (QED) is 0.176. The molecule has 1 unspecified atom stereocenters. The highest BCUT2D eigenvalue weighted by Gasteiger charge is 2.41. The van der Waals surface area contributed by atoms with Crippen LogP contribution in [0.1, 0.15) is 46.3 Å². The van der Waals surface area contributed by atoms with Crippen LogP contribution in [0.4, 0.5) is 52.7 Å². The molecule has 2 aromatic rings. The number of halogens is 13. The van der Waals surface area contributed by atoms with E-state index < -0.39 is 99.2 Å². The van der Waals surface area contributed by atoms with E-state index in [9.17, 15) is 62.3 Å². The Morgan fingerprint density at radius 1 is 0.975 bits per heavy atom. The molecule has 2 rings (SSSR count). The van der Waals surface area contributed by atoms with Crippen molar-refractivity contribution in [3.05, 3.63) is 74.8 Å². The van der Waals surface area contributed by atoms with Crippen molar-refractivity contribution in [2.45, 2.75) is 37.8 Å². The van der Waals surface area contributed by atoms with Crippen LogP contribution in [0.15, 0.2) is 40.9 Å². The molecule has 0 aliphatic rings. The first kappa shape index (κ1) is 33.2. The lowest BCUT2D eigenvalue weighted by atomic mass is 9.92. The van der Waals surface area contributed by atoms with Gasteiger partial charge in [-0.05, 0) is 45.8 Å². The van der Waals surface area contributed by atoms with Crippen molar-refractivity contribution in [1.82, 2.24) is 5.32 Å². The predicted molar refractivity (Wildman–Crippen MR) is 121 cm³/mol. The maximum Gasteiger partial charge on any atom is 0.417 e. The van der Waals surface area contributed by atoms with Crippen molar-refractivity contribution >= 4 is 33.4 Å². The zero-order valence-corrected chi connectivity index (χ0v) is 21.3. The molecule has 2 aromatic carbocycles. The summed E-state index contributed by atoms with van der Waals surface area (Å²) in [6.45, 7) is -0.777. The minimum absolute atomic E-state index is 0.0298. The van der Waals surface area contributed by atoms with Crippen LogP contribution in [-0.4, -0.2) is 30.6 Å². The molecular formula is C24H16BrF12NO2. The number of ketones is 1. The summed E-state index contributed by atoms with van der Waals surface area (Å²) < 4.78 is 160. The maximum absolute atomic E-state index is 14.9. The van der Waals surface area contributed by atoms with E-state index in [0.29, 0.717) is 18.2 Å². The van der Waals surface area contributed by atoms with Crippen LogP contribution in [0.2, 0.25) is 0 Å². The normalized spacial score (nSPS) is 14.6. The van der Waals surface area contributed by atoms with Gasteiger partial charge in [0, 0.05) is 23.5 Å². The number of carbonyl (C=O) groups excluding carboxylic acids is 2. The molecule has 2 atom stereocenters. The van der Waals surface area contributed by atoms with E-state index in [1.165, 1.54) is 5.32 Å². The maximum atomic E-state index is 14.9. The summed E-state index contributed by atoms with van der Waals surface area (Å²) in [5, 5.41) is 1.47. The molecule has 0 spiro atoms. The Morgan fingerprint density at radius 2 is 1.57 bits per heavy atom. The SMILES string of the molecule is C[C@@H](CC(=O)c1ccc(/C(F)=C/C(c2cc(F)c(F)c(Br)c2)C(F)(F)F)cc1C(F)(F)F)C(=O)NCC(F)(F)F. The monoisotopic (exact) mass is 657 g/mol. The summed E-state index contributed by atoms with van der Waals surface area (Å²) in [5.41, 5.74) is -4.94. The van der Waals surface area contributed by atoms with Gasteiger partial charge < -0.3 is 5.32 Å². The van der Waals surface area contributed by atoms with Crippen molar-refractivity contribution in [1.29, 1.82) is 0 Å². The fourth-order valence-electron chi connectivity index (χ4n) is 3.39. The number of hydrogen-bond acceptors (Lipinski definition) is 2. The first-order valence-corrected chi connectivity index (χ1v) is 11.6. The number of Topliss-reactive ketones (excluding diaryl/α,β-unsaturated/α-hetero) is 1. The highest BCUT2D eigenvalue weighted by molar-refractivity contribution is 9.10. The Labute approximate surface area is 226 Å². The lowest BCUT2D eigenvalue weighted by Crippen LogP contribution is -2.37. The summed E-state index contributed by atoms with van der Waals surface area (Å²) in [7, 11) is 0. The second kappa shape index (κ2) is 12.2. The highest BCUT2D eigenvalue weighted by atomic mass is 79.9. The zero-order chi connectivity index (χ0) is 30.8. The van der Waals surface area contributed by atoms with Gasteiger partial charge in [-0.2, -0.15) is 39.5 Å². The van der Waals surface area contributed by atoms with Crippen LogP contribution in [0.5, 0.6) is 0 Å². The molecule has 1 amide bonds. The summed E-state index contributed by atoms with van der Waals surface area (Å²) in [4.78, 5) is 24.2. The van der Waals surface area contributed by atoms with Gasteiger partial charge in [0.25, 0.3) is 0 Å². The number of rotatable bonds is 8. The average Bonchev–Trinajstić information content (AvgIpc) is 2.81. The third-order valence-electron chi connectivity index (χ3n) is 5.33. The topological polar surface area (TPSA) is 46.2 Å². The Hall–Kier alpha value is -3.04. The van der Waals surface area contributed by atoms with Gasteiger partial charge in [-0.3, -0.25) is 9.59 Å². The molecule has 0 aromatic heterocycles. The largest absolute Gasteiger partial charge is 0.417 e. The molecule has 0 heterocycles. The minimum Gasteiger partial charge on any atom is -0.347 e. The molecule has 0 bridgehead atoms. The van der Waals surface area contributed by atoms with Crippen molar-refractivity contribution in [3.63, 3.8) is 0 Å². The van der Waals surface area contributed by atoms with Crippen LogP contribution in [-0.2, 0) is 11.0 Å². The molecule has 0 radical (unpaired) electrons. The molecule has 0 saturated carbocycles. The van der Waals surface area contributed by atoms with Crippen molar-refractivity contribution in [2.75, 3.05) is 6.54 Å². The summed E-state index contributed by atoms with van der Waals surface area (Å²) in [5.74, 6) is -12.2. The Balaban J connectivity index is 2.45. The van der Waals surface area contributed by atoms with Gasteiger partial charge in [-0.1, -0.05) is 19.1 Å². The second-order valence-electron chi connectivity index (χ2n) is 8.45. The van der Waals surface area contributed by atoms with Crippen molar-refractivity contribution in [2.24, 2.45) is 5.92 Å².